The predicted octanol–water partition coefficient (Wildman–Crippen LogP) is 2.22. The summed E-state index contributed by atoms with van der Waals surface area (Å²) in [4.78, 5) is 23.4. The maximum absolute atomic E-state index is 13.9. The molecule has 11 heteroatoms. The number of amides is 1. The normalized spacial score (nSPS) is 16.6. The lowest BCUT2D eigenvalue weighted by molar-refractivity contribution is 0.0378. The van der Waals surface area contributed by atoms with Crippen LogP contribution in [0.4, 0.5) is 21.6 Å². The fraction of sp³-hybridized carbons (Fsp3) is 0.455. The first-order valence-electron chi connectivity index (χ1n) is 11.3. The van der Waals surface area contributed by atoms with Crippen LogP contribution in [0.3, 0.4) is 0 Å². The van der Waals surface area contributed by atoms with Crippen molar-refractivity contribution in [2.24, 2.45) is 0 Å². The first-order valence-corrected chi connectivity index (χ1v) is 11.3. The maximum Gasteiger partial charge on any atom is 0.276 e. The summed E-state index contributed by atoms with van der Waals surface area (Å²) in [5.74, 6) is -0.456. The highest BCUT2D eigenvalue weighted by atomic mass is 19.1. The van der Waals surface area contributed by atoms with Gasteiger partial charge in [0.05, 0.1) is 37.0 Å². The molecule has 1 saturated heterocycles. The van der Waals surface area contributed by atoms with E-state index in [-0.39, 0.29) is 11.4 Å². The van der Waals surface area contributed by atoms with Gasteiger partial charge < -0.3 is 20.7 Å². The largest absolute Gasteiger partial charge is 0.379 e. The van der Waals surface area contributed by atoms with Crippen LogP contribution in [0.15, 0.2) is 30.7 Å². The zero-order valence-electron chi connectivity index (χ0n) is 18.3. The van der Waals surface area contributed by atoms with Crippen molar-refractivity contribution in [3.8, 4) is 0 Å². The van der Waals surface area contributed by atoms with Gasteiger partial charge in [0.1, 0.15) is 5.82 Å². The molecule has 0 bridgehead atoms. The molecule has 174 valence electrons. The first kappa shape index (κ1) is 21.5. The van der Waals surface area contributed by atoms with Crippen molar-refractivity contribution in [3.63, 3.8) is 0 Å². The quantitative estimate of drug-likeness (QED) is 0.423. The Balaban J connectivity index is 1.33. The number of rotatable bonds is 9. The van der Waals surface area contributed by atoms with Crippen LogP contribution in [0.1, 0.15) is 29.8 Å². The summed E-state index contributed by atoms with van der Waals surface area (Å²) in [6.07, 6.45) is 7.10. The van der Waals surface area contributed by atoms with Gasteiger partial charge in [0.15, 0.2) is 17.2 Å². The van der Waals surface area contributed by atoms with Crippen LogP contribution < -0.4 is 16.0 Å². The van der Waals surface area contributed by atoms with Gasteiger partial charge in [-0.1, -0.05) is 0 Å². The van der Waals surface area contributed by atoms with Gasteiger partial charge in [-0.2, -0.15) is 0 Å². The van der Waals surface area contributed by atoms with Gasteiger partial charge in [-0.05, 0) is 31.9 Å². The van der Waals surface area contributed by atoms with E-state index in [1.807, 2.05) is 6.07 Å². The molecular formula is C22H27FN8O2. The number of fused-ring (bicyclic) bond motifs is 1. The highest BCUT2D eigenvalue weighted by molar-refractivity contribution is 6.03. The molecule has 1 aliphatic carbocycles. The summed E-state index contributed by atoms with van der Waals surface area (Å²) in [6, 6.07) is 3.75. The zero-order chi connectivity index (χ0) is 22.6. The fourth-order valence-electron chi connectivity index (χ4n) is 3.77. The second-order valence-electron chi connectivity index (χ2n) is 8.28. The van der Waals surface area contributed by atoms with E-state index >= 15 is 0 Å². The minimum atomic E-state index is -0.605. The number of anilines is 3. The van der Waals surface area contributed by atoms with Gasteiger partial charge in [-0.15, -0.1) is 5.10 Å². The Morgan fingerprint density at radius 2 is 2.06 bits per heavy atom. The molecule has 33 heavy (non-hydrogen) atoms. The van der Waals surface area contributed by atoms with Crippen LogP contribution in [0, 0.1) is 5.82 Å². The molecule has 1 aliphatic heterocycles. The summed E-state index contributed by atoms with van der Waals surface area (Å²) < 4.78 is 20.8. The molecule has 0 atom stereocenters. The van der Waals surface area contributed by atoms with Crippen molar-refractivity contribution in [2.45, 2.75) is 25.3 Å². The van der Waals surface area contributed by atoms with E-state index in [0.29, 0.717) is 17.5 Å². The molecule has 5 rings (SSSR count). The first-order chi connectivity index (χ1) is 16.2. The van der Waals surface area contributed by atoms with Crippen molar-refractivity contribution in [1.29, 1.82) is 0 Å². The minimum Gasteiger partial charge on any atom is -0.379 e. The molecule has 10 nitrogen and oxygen atoms in total. The molecule has 0 unspecified atom stereocenters. The lowest BCUT2D eigenvalue weighted by atomic mass is 10.3. The SMILES string of the molecule is O=C(Nc1ccncc1F)c1cnc2c(NC3CC3)cc(NCCCN3CCOCC3)nn12. The summed E-state index contributed by atoms with van der Waals surface area (Å²) >= 11 is 0. The summed E-state index contributed by atoms with van der Waals surface area (Å²) in [6.45, 7) is 5.24. The molecule has 1 saturated carbocycles. The highest BCUT2D eigenvalue weighted by Gasteiger charge is 2.24. The lowest BCUT2D eigenvalue weighted by Gasteiger charge is -2.26. The Morgan fingerprint density at radius 3 is 2.85 bits per heavy atom. The van der Waals surface area contributed by atoms with E-state index in [9.17, 15) is 9.18 Å². The van der Waals surface area contributed by atoms with Crippen LogP contribution in [-0.4, -0.2) is 75.8 Å². The third kappa shape index (κ3) is 5.20. The van der Waals surface area contributed by atoms with Crippen LogP contribution in [0.5, 0.6) is 0 Å². The Kier molecular flexibility index (Phi) is 6.31. The summed E-state index contributed by atoms with van der Waals surface area (Å²) in [5, 5.41) is 14.0. The number of carbonyl (C=O) groups excluding carboxylic acids is 1. The molecule has 0 radical (unpaired) electrons. The van der Waals surface area contributed by atoms with Crippen molar-refractivity contribution in [1.82, 2.24) is 24.5 Å². The second-order valence-corrected chi connectivity index (χ2v) is 8.28. The Morgan fingerprint density at radius 1 is 1.21 bits per heavy atom. The van der Waals surface area contributed by atoms with Crippen molar-refractivity contribution < 1.29 is 13.9 Å². The molecule has 0 spiro atoms. The van der Waals surface area contributed by atoms with Crippen LogP contribution >= 0.6 is 0 Å². The van der Waals surface area contributed by atoms with Gasteiger partial charge in [-0.25, -0.2) is 13.9 Å². The number of aromatic nitrogens is 4. The zero-order valence-corrected chi connectivity index (χ0v) is 18.3. The number of morpholine rings is 1. The van der Waals surface area contributed by atoms with Gasteiger partial charge in [0.25, 0.3) is 5.91 Å². The van der Waals surface area contributed by atoms with E-state index in [0.717, 1.165) is 70.5 Å². The van der Waals surface area contributed by atoms with E-state index in [4.69, 9.17) is 4.74 Å². The molecule has 3 aromatic heterocycles. The monoisotopic (exact) mass is 454 g/mol. The molecule has 3 N–H and O–H groups in total. The summed E-state index contributed by atoms with van der Waals surface area (Å²) in [5.41, 5.74) is 1.65. The van der Waals surface area contributed by atoms with Gasteiger partial charge >= 0.3 is 0 Å². The molecular weight excluding hydrogens is 427 g/mol. The molecule has 4 heterocycles. The number of hydrogen-bond donors (Lipinski definition) is 3. The number of hydrogen-bond acceptors (Lipinski definition) is 8. The maximum atomic E-state index is 13.9. The lowest BCUT2D eigenvalue weighted by Crippen LogP contribution is -2.37. The Labute approximate surface area is 190 Å². The number of halogens is 1. The van der Waals surface area contributed by atoms with Crippen LogP contribution in [0.25, 0.3) is 5.65 Å². The summed E-state index contributed by atoms with van der Waals surface area (Å²) in [7, 11) is 0. The standard InChI is InChI=1S/C22H27FN8O2/c23-16-13-24-6-4-17(16)28-22(32)19-14-26-21-18(27-15-2-3-15)12-20(29-31(19)21)25-5-1-7-30-8-10-33-11-9-30/h4,6,12-15,27H,1-3,5,7-11H2,(H,25,29)(H,24,28,32). The van der Waals surface area contributed by atoms with E-state index in [1.165, 1.54) is 23.0 Å². The fourth-order valence-corrected chi connectivity index (χ4v) is 3.77. The third-order valence-corrected chi connectivity index (χ3v) is 5.72. The van der Waals surface area contributed by atoms with Crippen molar-refractivity contribution in [2.75, 3.05) is 55.3 Å². The minimum absolute atomic E-state index is 0.0543. The molecule has 3 aromatic rings. The smallest absolute Gasteiger partial charge is 0.276 e. The molecule has 1 amide bonds. The van der Waals surface area contributed by atoms with Crippen LogP contribution in [-0.2, 0) is 4.74 Å². The third-order valence-electron chi connectivity index (χ3n) is 5.72. The average Bonchev–Trinajstić information content (AvgIpc) is 3.54. The van der Waals surface area contributed by atoms with Gasteiger partial charge in [-0.3, -0.25) is 14.7 Å². The number of nitrogens with one attached hydrogen (secondary N) is 3. The highest BCUT2D eigenvalue weighted by Crippen LogP contribution is 2.28. The molecule has 2 fully saturated rings. The van der Waals surface area contributed by atoms with E-state index in [1.54, 1.807) is 0 Å². The molecule has 2 aliphatic rings. The number of imidazole rings is 1. The predicted molar refractivity (Wildman–Crippen MR) is 122 cm³/mol. The number of ether oxygens (including phenoxy) is 1. The van der Waals surface area contributed by atoms with Crippen molar-refractivity contribution >= 4 is 28.7 Å². The Hall–Kier alpha value is -3.31. The van der Waals surface area contributed by atoms with E-state index < -0.39 is 11.7 Å². The van der Waals surface area contributed by atoms with E-state index in [2.05, 4.69) is 35.9 Å². The second kappa shape index (κ2) is 9.67. The van der Waals surface area contributed by atoms with Crippen molar-refractivity contribution in [3.05, 3.63) is 42.2 Å². The topological polar surface area (TPSA) is 109 Å². The number of nitrogens with zero attached hydrogens (tertiary/aromatic N) is 5. The number of pyridine rings is 1. The van der Waals surface area contributed by atoms with Crippen LogP contribution in [0.2, 0.25) is 0 Å². The van der Waals surface area contributed by atoms with Gasteiger partial charge in [0, 0.05) is 37.9 Å². The Bertz CT molecular complexity index is 1130. The molecule has 0 aromatic carbocycles. The average molecular weight is 455 g/mol. The van der Waals surface area contributed by atoms with Gasteiger partial charge in [0.2, 0.25) is 0 Å². The number of carbonyl (C=O) groups is 1.